The van der Waals surface area contributed by atoms with Crippen molar-refractivity contribution in [2.75, 3.05) is 26.3 Å². The van der Waals surface area contributed by atoms with Gasteiger partial charge in [-0.15, -0.1) is 0 Å². The van der Waals surface area contributed by atoms with Crippen LogP contribution in [0.4, 0.5) is 0 Å². The van der Waals surface area contributed by atoms with E-state index in [0.29, 0.717) is 19.5 Å². The molecule has 0 aromatic carbocycles. The lowest BCUT2D eigenvalue weighted by molar-refractivity contribution is -0.132. The molecule has 0 bridgehead atoms. The normalized spacial score (nSPS) is 11.7. The summed E-state index contributed by atoms with van der Waals surface area (Å²) in [7, 11) is 0. The Kier molecular flexibility index (Phi) is 19.3. The van der Waals surface area contributed by atoms with E-state index in [1.807, 2.05) is 0 Å². The molecule has 0 spiro atoms. The van der Waals surface area contributed by atoms with E-state index in [9.17, 15) is 4.79 Å². The summed E-state index contributed by atoms with van der Waals surface area (Å²) < 4.78 is 0. The lowest BCUT2D eigenvalue weighted by Gasteiger charge is -2.20. The van der Waals surface area contributed by atoms with Crippen molar-refractivity contribution >= 4 is 5.91 Å². The van der Waals surface area contributed by atoms with Gasteiger partial charge in [0.05, 0.1) is 13.2 Å². The average molecular weight is 368 g/mol. The van der Waals surface area contributed by atoms with Gasteiger partial charge in [0.2, 0.25) is 5.91 Å². The summed E-state index contributed by atoms with van der Waals surface area (Å²) in [6.45, 7) is 2.78. The van der Waals surface area contributed by atoms with E-state index in [2.05, 4.69) is 31.2 Å². The van der Waals surface area contributed by atoms with Gasteiger partial charge in [0, 0.05) is 19.5 Å². The first-order valence-electron chi connectivity index (χ1n) is 10.6. The molecule has 0 heterocycles. The molecule has 0 saturated heterocycles. The molecule has 0 fully saturated rings. The third kappa shape index (κ3) is 16.3. The van der Waals surface area contributed by atoms with Gasteiger partial charge in [-0.2, -0.15) is 0 Å². The highest BCUT2D eigenvalue weighted by atomic mass is 16.3. The number of rotatable bonds is 18. The molecule has 4 heteroatoms. The molecule has 0 aliphatic heterocycles. The Morgan fingerprint density at radius 3 is 1.88 bits per heavy atom. The smallest absolute Gasteiger partial charge is 0.222 e. The first-order chi connectivity index (χ1) is 12.8. The van der Waals surface area contributed by atoms with E-state index >= 15 is 0 Å². The van der Waals surface area contributed by atoms with Crippen LogP contribution in [-0.4, -0.2) is 47.3 Å². The van der Waals surface area contributed by atoms with Crippen molar-refractivity contribution in [2.24, 2.45) is 0 Å². The van der Waals surface area contributed by atoms with Crippen molar-refractivity contribution in [1.82, 2.24) is 4.90 Å². The molecule has 0 unspecified atom stereocenters. The fraction of sp³-hybridized carbons (Fsp3) is 0.773. The van der Waals surface area contributed by atoms with Gasteiger partial charge in [0.1, 0.15) is 0 Å². The molecule has 26 heavy (non-hydrogen) atoms. The predicted molar refractivity (Wildman–Crippen MR) is 110 cm³/mol. The number of aliphatic hydroxyl groups is 2. The fourth-order valence-electron chi connectivity index (χ4n) is 2.85. The molecule has 0 atom stereocenters. The van der Waals surface area contributed by atoms with Crippen LogP contribution in [0, 0.1) is 0 Å². The van der Waals surface area contributed by atoms with E-state index in [0.717, 1.165) is 25.7 Å². The van der Waals surface area contributed by atoms with Crippen LogP contribution < -0.4 is 0 Å². The van der Waals surface area contributed by atoms with Crippen LogP contribution in [0.25, 0.3) is 0 Å². The molecule has 0 aromatic heterocycles. The fourth-order valence-corrected chi connectivity index (χ4v) is 2.85. The molecule has 0 aliphatic carbocycles. The van der Waals surface area contributed by atoms with Crippen LogP contribution in [0.15, 0.2) is 24.3 Å². The zero-order valence-corrected chi connectivity index (χ0v) is 16.9. The van der Waals surface area contributed by atoms with Crippen LogP contribution in [-0.2, 0) is 4.79 Å². The molecular weight excluding hydrogens is 326 g/mol. The summed E-state index contributed by atoms with van der Waals surface area (Å²) >= 11 is 0. The van der Waals surface area contributed by atoms with Gasteiger partial charge in [-0.3, -0.25) is 4.79 Å². The lowest BCUT2D eigenvalue weighted by atomic mass is 10.1. The summed E-state index contributed by atoms with van der Waals surface area (Å²) in [5, 5.41) is 17.9. The second kappa shape index (κ2) is 20.2. The van der Waals surface area contributed by atoms with Gasteiger partial charge in [-0.1, -0.05) is 63.3 Å². The average Bonchev–Trinajstić information content (AvgIpc) is 2.64. The van der Waals surface area contributed by atoms with Crippen molar-refractivity contribution < 1.29 is 15.0 Å². The number of hydrogen-bond donors (Lipinski definition) is 2. The highest BCUT2D eigenvalue weighted by molar-refractivity contribution is 5.76. The van der Waals surface area contributed by atoms with Crippen molar-refractivity contribution in [3.8, 4) is 0 Å². The number of hydrogen-bond acceptors (Lipinski definition) is 3. The minimum absolute atomic E-state index is 0.0405. The van der Waals surface area contributed by atoms with Crippen LogP contribution in [0.2, 0.25) is 0 Å². The summed E-state index contributed by atoms with van der Waals surface area (Å²) in [4.78, 5) is 13.5. The van der Waals surface area contributed by atoms with Crippen molar-refractivity contribution in [1.29, 1.82) is 0 Å². The van der Waals surface area contributed by atoms with Crippen LogP contribution in [0.3, 0.4) is 0 Å². The maximum Gasteiger partial charge on any atom is 0.222 e. The van der Waals surface area contributed by atoms with Crippen molar-refractivity contribution in [3.05, 3.63) is 24.3 Å². The predicted octanol–water partition coefficient (Wildman–Crippen LogP) is 4.61. The maximum absolute atomic E-state index is 11.9. The third-order valence-corrected chi connectivity index (χ3v) is 4.43. The second-order valence-corrected chi connectivity index (χ2v) is 6.81. The Labute approximate surface area is 161 Å². The summed E-state index contributed by atoms with van der Waals surface area (Å²) in [6, 6.07) is 0. The Hall–Kier alpha value is -1.13. The molecule has 152 valence electrons. The molecule has 0 aromatic rings. The molecule has 4 nitrogen and oxygen atoms in total. The van der Waals surface area contributed by atoms with E-state index < -0.39 is 0 Å². The standard InChI is InChI=1S/C22H41NO3/c1-2-3-4-5-6-7-8-9-10-11-12-13-14-15-16-17-22(26)23(18-20-24)19-21-25/h6-7,9-10,24-25H,2-5,8,11-21H2,1H3/b7-6+,10-9-. The molecule has 0 saturated carbocycles. The van der Waals surface area contributed by atoms with E-state index in [1.54, 1.807) is 4.90 Å². The summed E-state index contributed by atoms with van der Waals surface area (Å²) in [5.41, 5.74) is 0. The minimum atomic E-state index is -0.0477. The zero-order valence-electron chi connectivity index (χ0n) is 16.9. The van der Waals surface area contributed by atoms with E-state index in [4.69, 9.17) is 10.2 Å². The van der Waals surface area contributed by atoms with Gasteiger partial charge in [-0.05, 0) is 38.5 Å². The molecule has 0 rings (SSSR count). The monoisotopic (exact) mass is 367 g/mol. The number of carbonyl (C=O) groups excluding carboxylic acids is 1. The van der Waals surface area contributed by atoms with E-state index in [-0.39, 0.29) is 19.1 Å². The van der Waals surface area contributed by atoms with Gasteiger partial charge >= 0.3 is 0 Å². The number of nitrogens with zero attached hydrogens (tertiary/aromatic N) is 1. The zero-order chi connectivity index (χ0) is 19.3. The molecular formula is C22H41NO3. The number of aliphatic hydroxyl groups excluding tert-OH is 2. The summed E-state index contributed by atoms with van der Waals surface area (Å²) in [6.07, 6.45) is 22.5. The molecule has 0 radical (unpaired) electrons. The summed E-state index contributed by atoms with van der Waals surface area (Å²) in [5.74, 6) is 0.0405. The van der Waals surface area contributed by atoms with Crippen LogP contribution in [0.1, 0.15) is 84.0 Å². The number of carbonyl (C=O) groups is 1. The minimum Gasteiger partial charge on any atom is -0.395 e. The third-order valence-electron chi connectivity index (χ3n) is 4.43. The van der Waals surface area contributed by atoms with Gasteiger partial charge in [0.15, 0.2) is 0 Å². The van der Waals surface area contributed by atoms with Crippen molar-refractivity contribution in [3.63, 3.8) is 0 Å². The quantitative estimate of drug-likeness (QED) is 0.275. The first kappa shape index (κ1) is 24.9. The topological polar surface area (TPSA) is 60.8 Å². The lowest BCUT2D eigenvalue weighted by Crippen LogP contribution is -2.35. The Morgan fingerprint density at radius 1 is 0.769 bits per heavy atom. The number of amides is 1. The first-order valence-corrected chi connectivity index (χ1v) is 10.6. The number of allylic oxidation sites excluding steroid dienone is 4. The Bertz CT molecular complexity index is 360. The van der Waals surface area contributed by atoms with Gasteiger partial charge < -0.3 is 15.1 Å². The maximum atomic E-state index is 11.9. The van der Waals surface area contributed by atoms with Crippen LogP contribution in [0.5, 0.6) is 0 Å². The SMILES string of the molecule is CCCCC/C=C/C/C=C\CCCCCCCC(=O)N(CCO)CCO. The Balaban J connectivity index is 3.47. The number of unbranched alkanes of at least 4 members (excludes halogenated alkanes) is 8. The van der Waals surface area contributed by atoms with Crippen LogP contribution >= 0.6 is 0 Å². The van der Waals surface area contributed by atoms with E-state index in [1.165, 1.54) is 44.9 Å². The second-order valence-electron chi connectivity index (χ2n) is 6.81. The highest BCUT2D eigenvalue weighted by Gasteiger charge is 2.11. The molecule has 0 aliphatic rings. The molecule has 1 amide bonds. The van der Waals surface area contributed by atoms with Gasteiger partial charge in [-0.25, -0.2) is 0 Å². The van der Waals surface area contributed by atoms with Crippen molar-refractivity contribution in [2.45, 2.75) is 84.0 Å². The largest absolute Gasteiger partial charge is 0.395 e. The van der Waals surface area contributed by atoms with Gasteiger partial charge in [0.25, 0.3) is 0 Å². The Morgan fingerprint density at radius 2 is 1.31 bits per heavy atom. The molecule has 2 N–H and O–H groups in total. The highest BCUT2D eigenvalue weighted by Crippen LogP contribution is 2.09.